The highest BCUT2D eigenvalue weighted by molar-refractivity contribution is 6.07. The van der Waals surface area contributed by atoms with Crippen molar-refractivity contribution in [2.75, 3.05) is 5.32 Å². The number of hydrogen-bond donors (Lipinski definition) is 2. The van der Waals surface area contributed by atoms with Crippen molar-refractivity contribution in [2.24, 2.45) is 5.73 Å². The van der Waals surface area contributed by atoms with E-state index in [1.54, 1.807) is 0 Å². The van der Waals surface area contributed by atoms with Crippen molar-refractivity contribution in [3.63, 3.8) is 0 Å². The summed E-state index contributed by atoms with van der Waals surface area (Å²) >= 11 is 0. The van der Waals surface area contributed by atoms with Crippen molar-refractivity contribution in [3.05, 3.63) is 88.7 Å². The fraction of sp³-hybridized carbons (Fsp3) is 0.167. The zero-order valence-corrected chi connectivity index (χ0v) is 19.5. The topological polar surface area (TPSA) is 90.7 Å². The van der Waals surface area contributed by atoms with Crippen LogP contribution in [0.15, 0.2) is 71.8 Å². The number of carbonyl (C=O) groups excluding carboxylic acids is 2. The number of anilines is 1. The van der Waals surface area contributed by atoms with Gasteiger partial charge in [0.2, 0.25) is 0 Å². The van der Waals surface area contributed by atoms with Gasteiger partial charge in [-0.05, 0) is 55.8 Å². The molecule has 0 aliphatic rings. The number of alkyl halides is 6. The molecule has 14 heteroatoms. The minimum atomic E-state index is -5.29. The van der Waals surface area contributed by atoms with Gasteiger partial charge in [0.05, 0.1) is 11.1 Å². The van der Waals surface area contributed by atoms with Gasteiger partial charge in [-0.1, -0.05) is 12.7 Å². The summed E-state index contributed by atoms with van der Waals surface area (Å²) in [5.74, 6) is -7.58. The molecular weight excluding hydrogens is 532 g/mol. The molecule has 0 radical (unpaired) electrons. The van der Waals surface area contributed by atoms with Crippen molar-refractivity contribution in [3.8, 4) is 11.5 Å². The molecule has 0 saturated carbocycles. The van der Waals surface area contributed by atoms with E-state index in [2.05, 4.69) is 11.3 Å². The lowest BCUT2D eigenvalue weighted by molar-refractivity contribution is -0.274. The summed E-state index contributed by atoms with van der Waals surface area (Å²) in [6, 6.07) is 5.14. The molecule has 0 spiro atoms. The summed E-state index contributed by atoms with van der Waals surface area (Å²) in [4.78, 5) is 24.0. The van der Waals surface area contributed by atoms with E-state index in [1.165, 1.54) is 6.92 Å². The number of primary amides is 1. The number of hydrogen-bond acceptors (Lipinski definition) is 4. The maximum Gasteiger partial charge on any atom is 0.573 e. The number of benzene rings is 2. The van der Waals surface area contributed by atoms with Gasteiger partial charge in [-0.2, -0.15) is 13.2 Å². The molecule has 38 heavy (non-hydrogen) atoms. The van der Waals surface area contributed by atoms with E-state index in [1.807, 2.05) is 5.32 Å². The van der Waals surface area contributed by atoms with Crippen LogP contribution >= 0.6 is 0 Å². The van der Waals surface area contributed by atoms with E-state index in [0.717, 1.165) is 37.3 Å². The molecule has 0 aliphatic carbocycles. The van der Waals surface area contributed by atoms with Crippen LogP contribution in [0.25, 0.3) is 0 Å². The maximum atomic E-state index is 15.1. The first-order valence-electron chi connectivity index (χ1n) is 10.2. The molecule has 2 aromatic rings. The highest BCUT2D eigenvalue weighted by atomic mass is 19.4. The molecule has 3 N–H and O–H groups in total. The molecule has 0 heterocycles. The van der Waals surface area contributed by atoms with Crippen LogP contribution in [0.5, 0.6) is 11.5 Å². The van der Waals surface area contributed by atoms with Crippen LogP contribution in [0, 0.1) is 12.7 Å². The molecular formula is C24H18F8N2O4. The lowest BCUT2D eigenvalue weighted by atomic mass is 10.1. The Morgan fingerprint density at radius 2 is 1.68 bits per heavy atom. The lowest BCUT2D eigenvalue weighted by Crippen LogP contribution is -2.21. The van der Waals surface area contributed by atoms with Crippen LogP contribution < -0.4 is 20.5 Å². The standard InChI is InChI=1S/C24H18F8N2O4/c1-4-16(23(27,28)29)20(26)19(22(36)34-13-5-7-15(21(33)35)17(25)10-13)12(3)37-18-8-6-14(9-11(18)2)38-24(30,31)32/h4-10H,1H2,2-3H3,(H2,33,35)(H,34,36)/b19-12-,20-16-. The van der Waals surface area contributed by atoms with E-state index in [4.69, 9.17) is 10.5 Å². The second-order valence-corrected chi connectivity index (χ2v) is 7.45. The number of ether oxygens (including phenoxy) is 2. The van der Waals surface area contributed by atoms with Crippen LogP contribution in [-0.2, 0) is 4.79 Å². The summed E-state index contributed by atoms with van der Waals surface area (Å²) in [5.41, 5.74) is 0.810. The summed E-state index contributed by atoms with van der Waals surface area (Å²) < 4.78 is 116. The Kier molecular flexibility index (Phi) is 8.93. The first-order valence-corrected chi connectivity index (χ1v) is 10.2. The Morgan fingerprint density at radius 1 is 1.05 bits per heavy atom. The van der Waals surface area contributed by atoms with Gasteiger partial charge < -0.3 is 20.5 Å². The van der Waals surface area contributed by atoms with E-state index < -0.39 is 64.2 Å². The predicted octanol–water partition coefficient (Wildman–Crippen LogP) is 6.40. The lowest BCUT2D eigenvalue weighted by Gasteiger charge is -2.17. The first kappa shape index (κ1) is 29.9. The van der Waals surface area contributed by atoms with Gasteiger partial charge in [-0.25, -0.2) is 8.78 Å². The van der Waals surface area contributed by atoms with Crippen LogP contribution in [-0.4, -0.2) is 24.4 Å². The molecule has 2 rings (SSSR count). The average molecular weight is 550 g/mol. The molecule has 6 nitrogen and oxygen atoms in total. The molecule has 2 amide bonds. The number of rotatable bonds is 8. The number of allylic oxidation sites excluding steroid dienone is 3. The monoisotopic (exact) mass is 550 g/mol. The minimum Gasteiger partial charge on any atom is -0.461 e. The highest BCUT2D eigenvalue weighted by Crippen LogP contribution is 2.35. The Hall–Kier alpha value is -4.36. The van der Waals surface area contributed by atoms with Gasteiger partial charge >= 0.3 is 12.5 Å². The van der Waals surface area contributed by atoms with Crippen LogP contribution in [0.1, 0.15) is 22.8 Å². The summed E-state index contributed by atoms with van der Waals surface area (Å²) in [7, 11) is 0. The molecule has 0 fully saturated rings. The van der Waals surface area contributed by atoms with Crippen molar-refractivity contribution in [1.29, 1.82) is 0 Å². The number of carbonyl (C=O) groups is 2. The zero-order valence-electron chi connectivity index (χ0n) is 19.5. The summed E-state index contributed by atoms with van der Waals surface area (Å²) in [5, 5.41) is 1.99. The third-order valence-corrected chi connectivity index (χ3v) is 4.68. The number of aryl methyl sites for hydroxylation is 1. The normalized spacial score (nSPS) is 13.2. The van der Waals surface area contributed by atoms with Gasteiger partial charge in [0.1, 0.15) is 28.6 Å². The third kappa shape index (κ3) is 7.57. The average Bonchev–Trinajstić information content (AvgIpc) is 2.74. The number of amides is 2. The van der Waals surface area contributed by atoms with Gasteiger partial charge in [0.25, 0.3) is 11.8 Å². The summed E-state index contributed by atoms with van der Waals surface area (Å²) in [6.45, 7) is 5.07. The van der Waals surface area contributed by atoms with Crippen LogP contribution in [0.4, 0.5) is 40.8 Å². The van der Waals surface area contributed by atoms with Crippen molar-refractivity contribution in [1.82, 2.24) is 0 Å². The smallest absolute Gasteiger partial charge is 0.461 e. The first-order chi connectivity index (χ1) is 17.4. The SMILES string of the molecule is C=C/C(=C(F)\C(C(=O)Nc1ccc(C(N)=O)c(F)c1)=C(/C)Oc1ccc(OC(F)(F)F)cc1C)C(F)(F)F. The van der Waals surface area contributed by atoms with Gasteiger partial charge in [-0.15, -0.1) is 13.2 Å². The molecule has 2 aromatic carbocycles. The maximum absolute atomic E-state index is 15.1. The molecule has 0 unspecified atom stereocenters. The quantitative estimate of drug-likeness (QED) is 0.172. The largest absolute Gasteiger partial charge is 0.573 e. The van der Waals surface area contributed by atoms with Crippen LogP contribution in [0.3, 0.4) is 0 Å². The van der Waals surface area contributed by atoms with Gasteiger partial charge in [-0.3, -0.25) is 9.59 Å². The van der Waals surface area contributed by atoms with Crippen molar-refractivity contribution >= 4 is 17.5 Å². The highest BCUT2D eigenvalue weighted by Gasteiger charge is 2.38. The van der Waals surface area contributed by atoms with Crippen LogP contribution in [0.2, 0.25) is 0 Å². The molecule has 0 aromatic heterocycles. The molecule has 0 atom stereocenters. The van der Waals surface area contributed by atoms with Gasteiger partial charge in [0, 0.05) is 5.69 Å². The number of halogens is 8. The van der Waals surface area contributed by atoms with E-state index in [9.17, 15) is 40.3 Å². The molecule has 0 aliphatic heterocycles. The Labute approximate surface area is 210 Å². The number of nitrogens with one attached hydrogen (secondary N) is 1. The fourth-order valence-electron chi connectivity index (χ4n) is 3.01. The Balaban J connectivity index is 2.58. The zero-order chi connectivity index (χ0) is 29.0. The molecule has 0 saturated heterocycles. The Morgan fingerprint density at radius 3 is 2.16 bits per heavy atom. The second-order valence-electron chi connectivity index (χ2n) is 7.45. The molecule has 0 bridgehead atoms. The van der Waals surface area contributed by atoms with E-state index in [0.29, 0.717) is 6.07 Å². The fourth-order valence-corrected chi connectivity index (χ4v) is 3.01. The number of nitrogens with two attached hydrogens (primary N) is 1. The van der Waals surface area contributed by atoms with Gasteiger partial charge in [0.15, 0.2) is 5.83 Å². The van der Waals surface area contributed by atoms with E-state index in [-0.39, 0.29) is 23.1 Å². The predicted molar refractivity (Wildman–Crippen MR) is 119 cm³/mol. The molecule has 204 valence electrons. The van der Waals surface area contributed by atoms with Crippen molar-refractivity contribution in [2.45, 2.75) is 26.4 Å². The minimum absolute atomic E-state index is 0.0147. The second kappa shape index (κ2) is 11.4. The van der Waals surface area contributed by atoms with E-state index >= 15 is 4.39 Å². The Bertz CT molecular complexity index is 1330. The third-order valence-electron chi connectivity index (χ3n) is 4.68. The summed E-state index contributed by atoms with van der Waals surface area (Å²) in [6.07, 6.45) is -10.2. The van der Waals surface area contributed by atoms with Crippen molar-refractivity contribution < 1.29 is 54.2 Å².